The van der Waals surface area contributed by atoms with E-state index in [1.807, 2.05) is 12.3 Å². The van der Waals surface area contributed by atoms with E-state index in [2.05, 4.69) is 4.98 Å². The van der Waals surface area contributed by atoms with Crippen LogP contribution in [0.15, 0.2) is 5.38 Å². The van der Waals surface area contributed by atoms with Crippen LogP contribution in [0.4, 0.5) is 0 Å². The summed E-state index contributed by atoms with van der Waals surface area (Å²) in [4.78, 5) is 29.5. The Morgan fingerprint density at radius 3 is 2.75 bits per heavy atom. The van der Waals surface area contributed by atoms with Gasteiger partial charge in [-0.3, -0.25) is 9.59 Å². The molecular weight excluding hydrogens is 276 g/mol. The minimum absolute atomic E-state index is 0.0432. The molecule has 0 radical (unpaired) electrons. The van der Waals surface area contributed by atoms with Gasteiger partial charge in [-0.1, -0.05) is 6.42 Å². The molecule has 1 amide bonds. The molecule has 110 valence electrons. The zero-order valence-electron chi connectivity index (χ0n) is 11.8. The van der Waals surface area contributed by atoms with Gasteiger partial charge in [0.2, 0.25) is 5.91 Å². The van der Waals surface area contributed by atoms with E-state index < -0.39 is 5.97 Å². The predicted octanol–water partition coefficient (Wildman–Crippen LogP) is 2.30. The number of rotatable bonds is 4. The number of carboxylic acids is 1. The summed E-state index contributed by atoms with van der Waals surface area (Å²) in [6, 6.07) is 0. The number of carbonyl (C=O) groups excluding carboxylic acids is 1. The van der Waals surface area contributed by atoms with Gasteiger partial charge in [0.05, 0.1) is 23.2 Å². The minimum atomic E-state index is -0.778. The molecule has 0 saturated heterocycles. The first-order chi connectivity index (χ1) is 9.47. The third kappa shape index (κ3) is 3.56. The van der Waals surface area contributed by atoms with Crippen LogP contribution in [0.2, 0.25) is 0 Å². The maximum atomic E-state index is 12.4. The van der Waals surface area contributed by atoms with Gasteiger partial charge in [-0.25, -0.2) is 4.98 Å². The molecule has 0 unspecified atom stereocenters. The van der Waals surface area contributed by atoms with Crippen LogP contribution in [0, 0.1) is 18.8 Å². The van der Waals surface area contributed by atoms with Gasteiger partial charge < -0.3 is 10.0 Å². The van der Waals surface area contributed by atoms with E-state index in [4.69, 9.17) is 5.11 Å². The summed E-state index contributed by atoms with van der Waals surface area (Å²) in [7, 11) is 1.77. The summed E-state index contributed by atoms with van der Waals surface area (Å²) in [5, 5.41) is 12.0. The summed E-state index contributed by atoms with van der Waals surface area (Å²) in [5.74, 6) is -1.26. The van der Waals surface area contributed by atoms with Crippen molar-refractivity contribution < 1.29 is 14.7 Å². The number of aromatic nitrogens is 1. The predicted molar refractivity (Wildman–Crippen MR) is 76.4 cm³/mol. The second kappa shape index (κ2) is 6.35. The third-order valence-electron chi connectivity index (χ3n) is 3.81. The third-order valence-corrected chi connectivity index (χ3v) is 4.64. The topological polar surface area (TPSA) is 70.5 Å². The highest BCUT2D eigenvalue weighted by atomic mass is 32.1. The van der Waals surface area contributed by atoms with Crippen molar-refractivity contribution >= 4 is 23.2 Å². The van der Waals surface area contributed by atoms with Gasteiger partial charge in [-0.2, -0.15) is 0 Å². The number of hydrogen-bond donors (Lipinski definition) is 1. The quantitative estimate of drug-likeness (QED) is 0.925. The summed E-state index contributed by atoms with van der Waals surface area (Å²) in [6.45, 7) is 2.44. The molecule has 1 aliphatic rings. The van der Waals surface area contributed by atoms with Crippen molar-refractivity contribution in [1.29, 1.82) is 0 Å². The number of nitrogens with zero attached hydrogens (tertiary/aromatic N) is 2. The van der Waals surface area contributed by atoms with Crippen LogP contribution in [0.25, 0.3) is 0 Å². The van der Waals surface area contributed by atoms with Gasteiger partial charge in [0.15, 0.2) is 0 Å². The molecule has 1 N–H and O–H groups in total. The molecule has 6 heteroatoms. The van der Waals surface area contributed by atoms with Gasteiger partial charge in [-0.05, 0) is 26.2 Å². The Morgan fingerprint density at radius 2 is 2.15 bits per heavy atom. The van der Waals surface area contributed by atoms with Crippen molar-refractivity contribution in [2.24, 2.45) is 11.8 Å². The highest BCUT2D eigenvalue weighted by Crippen LogP contribution is 2.30. The van der Waals surface area contributed by atoms with Crippen LogP contribution in [-0.4, -0.2) is 33.9 Å². The molecule has 2 rings (SSSR count). The molecule has 0 aliphatic heterocycles. The maximum Gasteiger partial charge on any atom is 0.306 e. The zero-order chi connectivity index (χ0) is 14.7. The molecule has 0 aromatic carbocycles. The number of carbonyl (C=O) groups is 2. The monoisotopic (exact) mass is 296 g/mol. The van der Waals surface area contributed by atoms with Gasteiger partial charge in [-0.15, -0.1) is 11.3 Å². The summed E-state index contributed by atoms with van der Waals surface area (Å²) in [6.07, 6.45) is 2.77. The number of aliphatic carboxylic acids is 1. The molecule has 1 aromatic rings. The largest absolute Gasteiger partial charge is 0.481 e. The standard InChI is InChI=1S/C14H20N2O3S/c1-9-15-12(8-20-9)7-16(2)13(17)10-4-3-5-11(6-10)14(18)19/h8,10-11H,3-7H2,1-2H3,(H,18,19)/t10-,11+/m1/s1. The number of hydrogen-bond acceptors (Lipinski definition) is 4. The normalized spacial score (nSPS) is 22.5. The second-order valence-electron chi connectivity index (χ2n) is 5.45. The van der Waals surface area contributed by atoms with E-state index >= 15 is 0 Å². The molecule has 1 heterocycles. The van der Waals surface area contributed by atoms with Gasteiger partial charge in [0.25, 0.3) is 0 Å². The summed E-state index contributed by atoms with van der Waals surface area (Å²) in [5.41, 5.74) is 0.897. The van der Waals surface area contributed by atoms with Crippen molar-refractivity contribution in [2.45, 2.75) is 39.2 Å². The van der Waals surface area contributed by atoms with Gasteiger partial charge in [0.1, 0.15) is 0 Å². The maximum absolute atomic E-state index is 12.4. The Morgan fingerprint density at radius 1 is 1.45 bits per heavy atom. The summed E-state index contributed by atoms with van der Waals surface area (Å²) >= 11 is 1.57. The van der Waals surface area contributed by atoms with Gasteiger partial charge in [0, 0.05) is 18.3 Å². The van der Waals surface area contributed by atoms with E-state index in [9.17, 15) is 9.59 Å². The van der Waals surface area contributed by atoms with Crippen LogP contribution >= 0.6 is 11.3 Å². The van der Waals surface area contributed by atoms with E-state index in [0.717, 1.165) is 23.5 Å². The SMILES string of the molecule is Cc1nc(CN(C)C(=O)[C@@H]2CCC[C@H](C(=O)O)C2)cs1. The number of carboxylic acid groups (broad SMARTS) is 1. The summed E-state index contributed by atoms with van der Waals surface area (Å²) < 4.78 is 0. The van der Waals surface area contributed by atoms with Crippen molar-refractivity contribution in [3.05, 3.63) is 16.1 Å². The lowest BCUT2D eigenvalue weighted by molar-refractivity contribution is -0.145. The fourth-order valence-electron chi connectivity index (χ4n) is 2.75. The molecule has 1 aromatic heterocycles. The lowest BCUT2D eigenvalue weighted by Crippen LogP contribution is -2.36. The van der Waals surface area contributed by atoms with Crippen LogP contribution in [0.5, 0.6) is 0 Å². The van der Waals surface area contributed by atoms with E-state index in [1.165, 1.54) is 0 Å². The number of thiazole rings is 1. The van der Waals surface area contributed by atoms with Crippen molar-refractivity contribution in [3.8, 4) is 0 Å². The highest BCUT2D eigenvalue weighted by Gasteiger charge is 2.32. The molecule has 1 aliphatic carbocycles. The van der Waals surface area contributed by atoms with Crippen molar-refractivity contribution in [2.75, 3.05) is 7.05 Å². The zero-order valence-corrected chi connectivity index (χ0v) is 12.7. The number of amides is 1. The number of aryl methyl sites for hydroxylation is 1. The van der Waals surface area contributed by atoms with E-state index in [-0.39, 0.29) is 17.7 Å². The fraction of sp³-hybridized carbons (Fsp3) is 0.643. The van der Waals surface area contributed by atoms with Crippen LogP contribution in [0.3, 0.4) is 0 Å². The molecule has 0 spiro atoms. The molecule has 20 heavy (non-hydrogen) atoms. The van der Waals surface area contributed by atoms with Crippen molar-refractivity contribution in [1.82, 2.24) is 9.88 Å². The molecule has 0 bridgehead atoms. The highest BCUT2D eigenvalue weighted by molar-refractivity contribution is 7.09. The lowest BCUT2D eigenvalue weighted by atomic mass is 9.81. The Kier molecular flexibility index (Phi) is 4.75. The fourth-order valence-corrected chi connectivity index (χ4v) is 3.36. The minimum Gasteiger partial charge on any atom is -0.481 e. The van der Waals surface area contributed by atoms with E-state index in [0.29, 0.717) is 19.4 Å². The first-order valence-corrected chi connectivity index (χ1v) is 7.74. The molecule has 1 saturated carbocycles. The van der Waals surface area contributed by atoms with Crippen LogP contribution < -0.4 is 0 Å². The first kappa shape index (κ1) is 15.0. The van der Waals surface area contributed by atoms with Crippen LogP contribution in [-0.2, 0) is 16.1 Å². The Bertz CT molecular complexity index is 500. The Hall–Kier alpha value is -1.43. The average molecular weight is 296 g/mol. The second-order valence-corrected chi connectivity index (χ2v) is 6.51. The molecule has 2 atom stereocenters. The molecular formula is C14H20N2O3S. The smallest absolute Gasteiger partial charge is 0.306 e. The first-order valence-electron chi connectivity index (χ1n) is 6.86. The van der Waals surface area contributed by atoms with E-state index in [1.54, 1.807) is 23.3 Å². The van der Waals surface area contributed by atoms with Crippen molar-refractivity contribution in [3.63, 3.8) is 0 Å². The Balaban J connectivity index is 1.94. The Labute approximate surface area is 122 Å². The lowest BCUT2D eigenvalue weighted by Gasteiger charge is -2.29. The molecule has 1 fully saturated rings. The average Bonchev–Trinajstić information content (AvgIpc) is 2.83. The molecule has 5 nitrogen and oxygen atoms in total. The van der Waals surface area contributed by atoms with Gasteiger partial charge >= 0.3 is 5.97 Å². The van der Waals surface area contributed by atoms with Crippen LogP contribution in [0.1, 0.15) is 36.4 Å².